The van der Waals surface area contributed by atoms with Crippen molar-refractivity contribution in [3.8, 4) is 11.5 Å². The monoisotopic (exact) mass is 475 g/mol. The number of nitrogens with one attached hydrogen (secondary N) is 1. The number of nitrogens with zero attached hydrogens (tertiary/aromatic N) is 2. The second-order valence-electron chi connectivity index (χ2n) is 7.63. The van der Waals surface area contributed by atoms with Crippen molar-refractivity contribution in [1.82, 2.24) is 9.29 Å². The van der Waals surface area contributed by atoms with Crippen molar-refractivity contribution >= 4 is 42.6 Å². The van der Waals surface area contributed by atoms with Gasteiger partial charge in [0.05, 0.1) is 29.3 Å². The first-order valence-electron chi connectivity index (χ1n) is 10.3. The minimum absolute atomic E-state index is 0.0204. The summed E-state index contributed by atoms with van der Waals surface area (Å²) < 4.78 is 38.9. The molecule has 0 aliphatic carbocycles. The Bertz CT molecular complexity index is 1200. The average Bonchev–Trinajstić information content (AvgIpc) is 3.19. The molecule has 170 valence electrons. The topological polar surface area (TPSA) is 97.8 Å². The van der Waals surface area contributed by atoms with E-state index in [-0.39, 0.29) is 16.8 Å². The van der Waals surface area contributed by atoms with Crippen molar-refractivity contribution < 1.29 is 22.7 Å². The van der Waals surface area contributed by atoms with Gasteiger partial charge in [-0.15, -0.1) is 0 Å². The number of aromatic nitrogens is 1. The largest absolute Gasteiger partial charge is 0.493 e. The minimum atomic E-state index is -3.58. The van der Waals surface area contributed by atoms with Crippen LogP contribution in [0.4, 0.5) is 5.13 Å². The van der Waals surface area contributed by atoms with Gasteiger partial charge in [-0.3, -0.25) is 10.1 Å². The highest BCUT2D eigenvalue weighted by Gasteiger charge is 2.31. The molecule has 2 aromatic carbocycles. The summed E-state index contributed by atoms with van der Waals surface area (Å²) in [6, 6.07) is 9.56. The number of hydrogen-bond acceptors (Lipinski definition) is 7. The third-order valence-corrected chi connectivity index (χ3v) is 8.54. The van der Waals surface area contributed by atoms with Gasteiger partial charge in [0.25, 0.3) is 5.91 Å². The number of fused-ring (bicyclic) bond motifs is 1. The summed E-state index contributed by atoms with van der Waals surface area (Å²) in [6.07, 6.45) is 2.77. The number of amides is 1. The third kappa shape index (κ3) is 4.30. The van der Waals surface area contributed by atoms with Gasteiger partial charge in [0.2, 0.25) is 10.0 Å². The first-order valence-corrected chi connectivity index (χ1v) is 12.5. The van der Waals surface area contributed by atoms with Gasteiger partial charge in [-0.25, -0.2) is 13.4 Å². The predicted octanol–water partition coefficient (Wildman–Crippen LogP) is 4.13. The summed E-state index contributed by atoms with van der Waals surface area (Å²) >= 11 is 1.31. The Morgan fingerprint density at radius 3 is 2.47 bits per heavy atom. The van der Waals surface area contributed by atoms with Crippen LogP contribution in [0.3, 0.4) is 0 Å². The highest BCUT2D eigenvalue weighted by molar-refractivity contribution is 7.89. The molecular formula is C22H25N3O5S2. The molecule has 2 heterocycles. The van der Waals surface area contributed by atoms with Crippen molar-refractivity contribution in [2.45, 2.75) is 37.1 Å². The van der Waals surface area contributed by atoms with Crippen molar-refractivity contribution in [2.75, 3.05) is 26.1 Å². The number of piperidine rings is 1. The average molecular weight is 476 g/mol. The molecule has 3 aromatic rings. The number of carbonyl (C=O) groups is 1. The molecule has 1 aromatic heterocycles. The minimum Gasteiger partial charge on any atom is -0.493 e. The van der Waals surface area contributed by atoms with Crippen LogP contribution in [0.2, 0.25) is 0 Å². The Balaban J connectivity index is 1.52. The number of benzene rings is 2. The van der Waals surface area contributed by atoms with E-state index in [2.05, 4.69) is 10.3 Å². The fraction of sp³-hybridized carbons (Fsp3) is 0.364. The fourth-order valence-electron chi connectivity index (χ4n) is 3.82. The van der Waals surface area contributed by atoms with Crippen LogP contribution < -0.4 is 14.8 Å². The van der Waals surface area contributed by atoms with Crippen LogP contribution in [0.25, 0.3) is 10.2 Å². The molecule has 1 atom stereocenters. The summed E-state index contributed by atoms with van der Waals surface area (Å²) in [5, 5.41) is 3.21. The van der Waals surface area contributed by atoms with E-state index in [0.717, 1.165) is 24.0 Å². The van der Waals surface area contributed by atoms with Crippen molar-refractivity contribution in [3.63, 3.8) is 0 Å². The van der Waals surface area contributed by atoms with Crippen LogP contribution in [0.5, 0.6) is 11.5 Å². The maximum absolute atomic E-state index is 13.0. The van der Waals surface area contributed by atoms with Crippen molar-refractivity contribution in [2.24, 2.45) is 0 Å². The number of hydrogen-bond donors (Lipinski definition) is 1. The van der Waals surface area contributed by atoms with Gasteiger partial charge in [-0.1, -0.05) is 17.8 Å². The second kappa shape index (κ2) is 9.05. The molecule has 4 rings (SSSR count). The van der Waals surface area contributed by atoms with E-state index in [1.807, 2.05) is 13.0 Å². The molecule has 8 nitrogen and oxygen atoms in total. The zero-order valence-electron chi connectivity index (χ0n) is 18.1. The van der Waals surface area contributed by atoms with E-state index in [9.17, 15) is 13.2 Å². The smallest absolute Gasteiger partial charge is 0.257 e. The molecule has 0 saturated carbocycles. The van der Waals surface area contributed by atoms with E-state index >= 15 is 0 Å². The SMILES string of the molecule is COc1cc2nc(NC(=O)c3ccc(S(=O)(=O)N4CCCCC4C)cc3)sc2cc1OC. The lowest BCUT2D eigenvalue weighted by atomic mass is 10.1. The number of rotatable bonds is 6. The van der Waals surface area contributed by atoms with Gasteiger partial charge in [0.1, 0.15) is 0 Å². The first-order chi connectivity index (χ1) is 15.3. The van der Waals surface area contributed by atoms with Crippen LogP contribution in [-0.2, 0) is 10.0 Å². The summed E-state index contributed by atoms with van der Waals surface area (Å²) in [5.41, 5.74) is 1.03. The van der Waals surface area contributed by atoms with Crippen LogP contribution >= 0.6 is 11.3 Å². The summed E-state index contributed by atoms with van der Waals surface area (Å²) in [7, 11) is -0.467. The Labute approximate surface area is 191 Å². The van der Waals surface area contributed by atoms with Gasteiger partial charge < -0.3 is 9.47 Å². The zero-order chi connectivity index (χ0) is 22.9. The maximum atomic E-state index is 13.0. The van der Waals surface area contributed by atoms with Gasteiger partial charge >= 0.3 is 0 Å². The molecule has 1 aliphatic rings. The lowest BCUT2D eigenvalue weighted by Crippen LogP contribution is -2.41. The van der Waals surface area contributed by atoms with Crippen LogP contribution in [-0.4, -0.2) is 50.4 Å². The van der Waals surface area contributed by atoms with Gasteiger partial charge in [0.15, 0.2) is 16.6 Å². The molecule has 1 unspecified atom stereocenters. The number of thiazole rings is 1. The maximum Gasteiger partial charge on any atom is 0.257 e. The quantitative estimate of drug-likeness (QED) is 0.576. The third-order valence-electron chi connectivity index (χ3n) is 5.58. The van der Waals surface area contributed by atoms with E-state index in [0.29, 0.717) is 34.3 Å². The summed E-state index contributed by atoms with van der Waals surface area (Å²) in [4.78, 5) is 17.3. The van der Waals surface area contributed by atoms with Crippen molar-refractivity contribution in [1.29, 1.82) is 0 Å². The molecule has 0 radical (unpaired) electrons. The summed E-state index contributed by atoms with van der Waals surface area (Å²) in [5.74, 6) is 0.780. The number of methoxy groups -OCH3 is 2. The molecular weight excluding hydrogens is 450 g/mol. The molecule has 1 saturated heterocycles. The number of ether oxygens (including phenoxy) is 2. The second-order valence-corrected chi connectivity index (χ2v) is 10.6. The number of carbonyl (C=O) groups excluding carboxylic acids is 1. The van der Waals surface area contributed by atoms with Crippen molar-refractivity contribution in [3.05, 3.63) is 42.0 Å². The van der Waals surface area contributed by atoms with Crippen LogP contribution in [0, 0.1) is 0 Å². The Hall–Kier alpha value is -2.69. The summed E-state index contributed by atoms with van der Waals surface area (Å²) in [6.45, 7) is 2.46. The lowest BCUT2D eigenvalue weighted by Gasteiger charge is -2.32. The standard InChI is InChI=1S/C22H25N3O5S2/c1-14-6-4-5-11-25(14)32(27,28)16-9-7-15(8-10-16)21(26)24-22-23-17-12-18(29-2)19(30-3)13-20(17)31-22/h7-10,12-14H,4-6,11H2,1-3H3,(H,23,24,26). The molecule has 0 bridgehead atoms. The Morgan fingerprint density at radius 1 is 1.12 bits per heavy atom. The van der Waals surface area contributed by atoms with Crippen LogP contribution in [0.1, 0.15) is 36.5 Å². The number of sulfonamides is 1. The Kier molecular flexibility index (Phi) is 6.36. The molecule has 1 fully saturated rings. The van der Waals surface area contributed by atoms with E-state index in [4.69, 9.17) is 9.47 Å². The zero-order valence-corrected chi connectivity index (χ0v) is 19.8. The number of anilines is 1. The van der Waals surface area contributed by atoms with Gasteiger partial charge in [-0.2, -0.15) is 4.31 Å². The first kappa shape index (κ1) is 22.5. The lowest BCUT2D eigenvalue weighted by molar-refractivity contribution is 0.102. The fourth-order valence-corrected chi connectivity index (χ4v) is 6.39. The van der Waals surface area contributed by atoms with Gasteiger partial charge in [0, 0.05) is 30.3 Å². The molecule has 32 heavy (non-hydrogen) atoms. The van der Waals surface area contributed by atoms with Crippen LogP contribution in [0.15, 0.2) is 41.3 Å². The molecule has 1 aliphatic heterocycles. The highest BCUT2D eigenvalue weighted by atomic mass is 32.2. The van der Waals surface area contributed by atoms with E-state index in [1.165, 1.54) is 35.6 Å². The highest BCUT2D eigenvalue weighted by Crippen LogP contribution is 2.36. The molecule has 0 spiro atoms. The van der Waals surface area contributed by atoms with E-state index in [1.54, 1.807) is 24.6 Å². The molecule has 1 amide bonds. The normalized spacial score (nSPS) is 17.3. The molecule has 1 N–H and O–H groups in total. The Morgan fingerprint density at radius 2 is 1.81 bits per heavy atom. The van der Waals surface area contributed by atoms with Gasteiger partial charge in [-0.05, 0) is 44.0 Å². The molecule has 10 heteroatoms. The predicted molar refractivity (Wildman–Crippen MR) is 124 cm³/mol. The van der Waals surface area contributed by atoms with E-state index < -0.39 is 10.0 Å².